The van der Waals surface area contributed by atoms with E-state index in [-0.39, 0.29) is 12.1 Å². The van der Waals surface area contributed by atoms with Gasteiger partial charge in [0.25, 0.3) is 0 Å². The van der Waals surface area contributed by atoms with Crippen LogP contribution >= 0.6 is 0 Å². The van der Waals surface area contributed by atoms with Gasteiger partial charge >= 0.3 is 12.0 Å². The average molecular weight is 297 g/mol. The van der Waals surface area contributed by atoms with Crippen molar-refractivity contribution in [2.45, 2.75) is 39.2 Å². The molecule has 0 radical (unpaired) electrons. The van der Waals surface area contributed by atoms with Gasteiger partial charge in [-0.1, -0.05) is 13.8 Å². The number of likely N-dealkylation sites (tertiary alicyclic amines) is 2. The highest BCUT2D eigenvalue weighted by Gasteiger charge is 2.45. The van der Waals surface area contributed by atoms with Gasteiger partial charge in [-0.05, 0) is 38.8 Å². The van der Waals surface area contributed by atoms with Gasteiger partial charge in [0.1, 0.15) is 0 Å². The molecule has 0 aromatic rings. The molecule has 2 N–H and O–H groups in total. The Morgan fingerprint density at radius 2 is 2.10 bits per heavy atom. The molecule has 2 aliphatic rings. The Morgan fingerprint density at radius 3 is 2.62 bits per heavy atom. The van der Waals surface area contributed by atoms with Crippen LogP contribution in [0.25, 0.3) is 0 Å². The minimum atomic E-state index is -0.784. The van der Waals surface area contributed by atoms with Crippen LogP contribution < -0.4 is 5.32 Å². The Bertz CT molecular complexity index is 415. The quantitative estimate of drug-likeness (QED) is 0.821. The first-order valence-corrected chi connectivity index (χ1v) is 7.85. The molecule has 0 saturated carbocycles. The summed E-state index contributed by atoms with van der Waals surface area (Å²) in [6, 6.07) is 0.0862. The van der Waals surface area contributed by atoms with Crippen LogP contribution in [-0.4, -0.2) is 66.2 Å². The summed E-state index contributed by atoms with van der Waals surface area (Å²) >= 11 is 0. The summed E-state index contributed by atoms with van der Waals surface area (Å²) in [7, 11) is 2.09. The van der Waals surface area contributed by atoms with Crippen molar-refractivity contribution in [1.82, 2.24) is 15.1 Å². The van der Waals surface area contributed by atoms with Gasteiger partial charge in [-0.3, -0.25) is 4.79 Å². The summed E-state index contributed by atoms with van der Waals surface area (Å²) in [6.45, 7) is 6.87. The molecule has 2 saturated heterocycles. The first-order chi connectivity index (χ1) is 9.88. The van der Waals surface area contributed by atoms with E-state index in [4.69, 9.17) is 0 Å². The highest BCUT2D eigenvalue weighted by molar-refractivity contribution is 5.79. The van der Waals surface area contributed by atoms with E-state index >= 15 is 0 Å². The molecule has 2 amide bonds. The minimum absolute atomic E-state index is 0.104. The van der Waals surface area contributed by atoms with Crippen LogP contribution in [0.4, 0.5) is 4.79 Å². The van der Waals surface area contributed by atoms with Crippen molar-refractivity contribution < 1.29 is 14.7 Å². The third-order valence-corrected chi connectivity index (χ3v) is 5.19. The van der Waals surface area contributed by atoms with Crippen molar-refractivity contribution in [3.8, 4) is 0 Å². The Morgan fingerprint density at radius 1 is 1.38 bits per heavy atom. The Balaban J connectivity index is 1.92. The van der Waals surface area contributed by atoms with E-state index in [0.717, 1.165) is 19.5 Å². The third-order valence-electron chi connectivity index (χ3n) is 5.19. The van der Waals surface area contributed by atoms with Crippen LogP contribution in [0.3, 0.4) is 0 Å². The molecule has 2 rings (SSSR count). The fourth-order valence-electron chi connectivity index (χ4n) is 3.48. The van der Waals surface area contributed by atoms with Crippen molar-refractivity contribution in [2.24, 2.45) is 11.3 Å². The van der Waals surface area contributed by atoms with Gasteiger partial charge in [-0.2, -0.15) is 0 Å². The minimum Gasteiger partial charge on any atom is -0.481 e. The second-order valence-corrected chi connectivity index (χ2v) is 6.69. The summed E-state index contributed by atoms with van der Waals surface area (Å²) in [6.07, 6.45) is 2.07. The van der Waals surface area contributed by atoms with E-state index in [2.05, 4.69) is 24.2 Å². The van der Waals surface area contributed by atoms with Gasteiger partial charge in [-0.15, -0.1) is 0 Å². The molecule has 2 aliphatic heterocycles. The molecular weight excluding hydrogens is 270 g/mol. The number of piperidine rings is 1. The standard InChI is InChI=1S/C15H27N3O3/c1-4-15(13(19)20)6-8-18(10-15)14(21)16-12-5-7-17(3)9-11(12)2/h11-12H,4-10H2,1-3H3,(H,16,21)(H,19,20). The van der Waals surface area contributed by atoms with Crippen LogP contribution in [-0.2, 0) is 4.79 Å². The molecule has 0 aliphatic carbocycles. The molecule has 6 heteroatoms. The number of nitrogens with zero attached hydrogens (tertiary/aromatic N) is 2. The second-order valence-electron chi connectivity index (χ2n) is 6.69. The van der Waals surface area contributed by atoms with Crippen LogP contribution in [0.2, 0.25) is 0 Å². The summed E-state index contributed by atoms with van der Waals surface area (Å²) in [5.41, 5.74) is -0.754. The summed E-state index contributed by atoms with van der Waals surface area (Å²) in [4.78, 5) is 27.8. The summed E-state index contributed by atoms with van der Waals surface area (Å²) < 4.78 is 0. The number of carbonyl (C=O) groups excluding carboxylic acids is 1. The van der Waals surface area contributed by atoms with Crippen molar-refractivity contribution in [3.63, 3.8) is 0 Å². The number of carboxylic acids is 1. The third kappa shape index (κ3) is 3.31. The van der Waals surface area contributed by atoms with Crippen molar-refractivity contribution in [2.75, 3.05) is 33.2 Å². The first kappa shape index (κ1) is 16.1. The van der Waals surface area contributed by atoms with E-state index in [1.54, 1.807) is 4.90 Å². The topological polar surface area (TPSA) is 72.9 Å². The molecule has 2 heterocycles. The van der Waals surface area contributed by atoms with E-state index in [9.17, 15) is 14.7 Å². The molecule has 2 fully saturated rings. The molecule has 120 valence electrons. The molecule has 0 spiro atoms. The van der Waals surface area contributed by atoms with E-state index < -0.39 is 11.4 Å². The van der Waals surface area contributed by atoms with Crippen LogP contribution in [0.1, 0.15) is 33.1 Å². The van der Waals surface area contributed by atoms with Gasteiger partial charge in [0.15, 0.2) is 0 Å². The highest BCUT2D eigenvalue weighted by Crippen LogP contribution is 2.34. The number of aliphatic carboxylic acids is 1. The number of hydrogen-bond acceptors (Lipinski definition) is 3. The lowest BCUT2D eigenvalue weighted by atomic mass is 9.84. The van der Waals surface area contributed by atoms with Gasteiger partial charge in [-0.25, -0.2) is 4.79 Å². The number of rotatable bonds is 3. The van der Waals surface area contributed by atoms with Gasteiger partial charge in [0.2, 0.25) is 0 Å². The molecular formula is C15H27N3O3. The Hall–Kier alpha value is -1.30. The SMILES string of the molecule is CCC1(C(=O)O)CCN(C(=O)NC2CCN(C)CC2C)C1. The van der Waals surface area contributed by atoms with Gasteiger partial charge in [0, 0.05) is 25.7 Å². The normalized spacial score (nSPS) is 34.0. The predicted molar refractivity (Wildman–Crippen MR) is 80.1 cm³/mol. The lowest BCUT2D eigenvalue weighted by Gasteiger charge is -2.36. The molecule has 0 aromatic heterocycles. The number of carbonyl (C=O) groups is 2. The van der Waals surface area contributed by atoms with Gasteiger partial charge in [0.05, 0.1) is 5.41 Å². The lowest BCUT2D eigenvalue weighted by Crippen LogP contribution is -2.52. The molecule has 0 aromatic carbocycles. The number of nitrogens with one attached hydrogen (secondary N) is 1. The Kier molecular flexibility index (Phi) is 4.76. The van der Waals surface area contributed by atoms with E-state index in [1.807, 2.05) is 6.92 Å². The molecule has 3 atom stereocenters. The number of carboxylic acid groups (broad SMARTS) is 1. The maximum atomic E-state index is 12.4. The van der Waals surface area contributed by atoms with Crippen LogP contribution in [0.15, 0.2) is 0 Å². The summed E-state index contributed by atoms with van der Waals surface area (Å²) in [5, 5.41) is 12.5. The van der Waals surface area contributed by atoms with Crippen molar-refractivity contribution in [3.05, 3.63) is 0 Å². The van der Waals surface area contributed by atoms with Crippen LogP contribution in [0, 0.1) is 11.3 Å². The fraction of sp³-hybridized carbons (Fsp3) is 0.867. The number of urea groups is 1. The number of hydrogen-bond donors (Lipinski definition) is 2. The maximum Gasteiger partial charge on any atom is 0.317 e. The monoisotopic (exact) mass is 297 g/mol. The van der Waals surface area contributed by atoms with E-state index in [0.29, 0.717) is 31.8 Å². The molecule has 21 heavy (non-hydrogen) atoms. The predicted octanol–water partition coefficient (Wildman–Crippen LogP) is 1.22. The molecule has 3 unspecified atom stereocenters. The maximum absolute atomic E-state index is 12.4. The van der Waals surface area contributed by atoms with Crippen LogP contribution in [0.5, 0.6) is 0 Å². The zero-order valence-electron chi connectivity index (χ0n) is 13.3. The van der Waals surface area contributed by atoms with Crippen molar-refractivity contribution >= 4 is 12.0 Å². The molecule has 6 nitrogen and oxygen atoms in total. The van der Waals surface area contributed by atoms with Gasteiger partial charge < -0.3 is 20.2 Å². The molecule has 0 bridgehead atoms. The number of amides is 2. The largest absolute Gasteiger partial charge is 0.481 e. The van der Waals surface area contributed by atoms with Crippen molar-refractivity contribution in [1.29, 1.82) is 0 Å². The van der Waals surface area contributed by atoms with E-state index in [1.165, 1.54) is 0 Å². The smallest absolute Gasteiger partial charge is 0.317 e. The zero-order chi connectivity index (χ0) is 15.6. The Labute approximate surface area is 126 Å². The summed E-state index contributed by atoms with van der Waals surface area (Å²) in [5.74, 6) is -0.362. The zero-order valence-corrected chi connectivity index (χ0v) is 13.3. The fourth-order valence-corrected chi connectivity index (χ4v) is 3.48. The average Bonchev–Trinajstić information content (AvgIpc) is 2.88. The lowest BCUT2D eigenvalue weighted by molar-refractivity contribution is -0.148. The highest BCUT2D eigenvalue weighted by atomic mass is 16.4. The first-order valence-electron chi connectivity index (χ1n) is 7.85. The second kappa shape index (κ2) is 6.22.